The summed E-state index contributed by atoms with van der Waals surface area (Å²) in [4.78, 5) is 2.19. The molecule has 9 aromatic rings. The summed E-state index contributed by atoms with van der Waals surface area (Å²) < 4.78 is 15.7. The molecule has 1 aromatic heterocycles. The van der Waals surface area contributed by atoms with Crippen molar-refractivity contribution in [2.24, 2.45) is 0 Å². The summed E-state index contributed by atoms with van der Waals surface area (Å²) in [5, 5.41) is 26.7. The third-order valence-corrected chi connectivity index (χ3v) is 11.7. The summed E-state index contributed by atoms with van der Waals surface area (Å²) >= 11 is 0. The predicted molar refractivity (Wildman–Crippen MR) is 269 cm³/mol. The Morgan fingerprint density at radius 1 is 0.431 bits per heavy atom. The minimum atomic E-state index is 0.150. The van der Waals surface area contributed by atoms with Crippen LogP contribution in [0.1, 0.15) is 37.0 Å². The van der Waals surface area contributed by atoms with Gasteiger partial charge in [-0.05, 0) is 110 Å². The molecule has 2 N–H and O–H groups in total. The van der Waals surface area contributed by atoms with E-state index in [0.29, 0.717) is 46.4 Å². The number of fused-ring (bicyclic) bond motifs is 4. The first-order chi connectivity index (χ1) is 31.9. The van der Waals surface area contributed by atoms with Crippen LogP contribution >= 0.6 is 0 Å². The summed E-state index contributed by atoms with van der Waals surface area (Å²) in [6.45, 7) is 8.71. The molecule has 0 saturated heterocycles. The zero-order valence-electron chi connectivity index (χ0n) is 37.2. The van der Waals surface area contributed by atoms with Crippen molar-refractivity contribution >= 4 is 33.2 Å². The molecule has 0 radical (unpaired) electrons. The zero-order chi connectivity index (χ0) is 44.9. The largest absolute Gasteiger partial charge is 0.505 e. The van der Waals surface area contributed by atoms with E-state index in [1.54, 1.807) is 0 Å². The van der Waals surface area contributed by atoms with Gasteiger partial charge in [0.2, 0.25) is 0 Å². The van der Waals surface area contributed by atoms with Crippen molar-refractivity contribution in [1.29, 1.82) is 0 Å². The number of benzene rings is 8. The number of phenolic OH excluding ortho intramolecular Hbond substituents is 2. The highest BCUT2D eigenvalue weighted by Gasteiger charge is 2.23. The van der Waals surface area contributed by atoms with Gasteiger partial charge in [0.1, 0.15) is 23.0 Å². The highest BCUT2D eigenvalue weighted by atomic mass is 16.5. The molecule has 0 saturated carbocycles. The minimum Gasteiger partial charge on any atom is -0.505 e. The maximum atomic E-state index is 12.3. The maximum Gasteiger partial charge on any atom is 0.169 e. The average Bonchev–Trinajstić information content (AvgIpc) is 3.67. The second-order valence-electron chi connectivity index (χ2n) is 16.0. The normalized spacial score (nSPS) is 13.4. The van der Waals surface area contributed by atoms with Crippen molar-refractivity contribution in [3.63, 3.8) is 0 Å². The maximum absolute atomic E-state index is 12.3. The van der Waals surface area contributed by atoms with Gasteiger partial charge in [0.25, 0.3) is 0 Å². The van der Waals surface area contributed by atoms with E-state index in [2.05, 4.69) is 83.2 Å². The Morgan fingerprint density at radius 3 is 1.49 bits per heavy atom. The molecule has 0 spiro atoms. The molecule has 65 heavy (non-hydrogen) atoms. The quantitative estimate of drug-likeness (QED) is 0.149. The van der Waals surface area contributed by atoms with Crippen LogP contribution in [-0.2, 0) is 6.42 Å². The van der Waals surface area contributed by atoms with E-state index < -0.39 is 0 Å². The molecule has 6 heteroatoms. The van der Waals surface area contributed by atoms with Crippen molar-refractivity contribution in [2.45, 2.75) is 40.5 Å². The third-order valence-electron chi connectivity index (χ3n) is 11.7. The number of phenols is 2. The Kier molecular flexibility index (Phi) is 12.2. The Hall–Kier alpha value is -7.96. The number of allylic oxidation sites excluding steroid dienone is 3. The summed E-state index contributed by atoms with van der Waals surface area (Å²) in [5.41, 5.74) is 10.5. The van der Waals surface area contributed by atoms with Gasteiger partial charge in [-0.2, -0.15) is 0 Å². The van der Waals surface area contributed by atoms with E-state index >= 15 is 0 Å². The van der Waals surface area contributed by atoms with Crippen LogP contribution in [-0.4, -0.2) is 21.3 Å². The van der Waals surface area contributed by atoms with E-state index in [9.17, 15) is 10.2 Å². The molecule has 0 bridgehead atoms. The number of para-hydroxylation sites is 7. The molecule has 0 atom stereocenters. The van der Waals surface area contributed by atoms with Crippen molar-refractivity contribution < 1.29 is 19.7 Å². The minimum absolute atomic E-state index is 0.150. The fourth-order valence-electron chi connectivity index (χ4n) is 8.83. The molecule has 0 aliphatic carbocycles. The average molecular weight is 853 g/mol. The fourth-order valence-corrected chi connectivity index (χ4v) is 8.83. The zero-order valence-corrected chi connectivity index (χ0v) is 37.2. The molecular weight excluding hydrogens is 801 g/mol. The molecule has 6 nitrogen and oxygen atoms in total. The van der Waals surface area contributed by atoms with E-state index in [0.717, 1.165) is 68.3 Å². The van der Waals surface area contributed by atoms with Gasteiger partial charge < -0.3 is 29.2 Å². The van der Waals surface area contributed by atoms with Crippen LogP contribution in [0, 0.1) is 13.8 Å². The van der Waals surface area contributed by atoms with Gasteiger partial charge in [-0.3, -0.25) is 0 Å². The fraction of sp³-hybridized carbons (Fsp3) is 0.119. The van der Waals surface area contributed by atoms with Crippen molar-refractivity contribution in [3.05, 3.63) is 211 Å². The topological polar surface area (TPSA) is 67.1 Å². The van der Waals surface area contributed by atoms with Crippen LogP contribution < -0.4 is 14.4 Å². The molecule has 1 aliphatic heterocycles. The molecular formula is C59H52N2O4. The number of anilines is 2. The highest BCUT2D eigenvalue weighted by Crippen LogP contribution is 2.48. The number of hydrogen-bond donors (Lipinski definition) is 2. The van der Waals surface area contributed by atoms with Crippen molar-refractivity contribution in [1.82, 2.24) is 4.57 Å². The first kappa shape index (κ1) is 42.3. The second kappa shape index (κ2) is 18.8. The molecule has 2 heterocycles. The Balaban J connectivity index is 0.00000263. The standard InChI is InChI=1S/C57H46N2O4.C2H6/c1-38-34-45(56(60)50(36-38)58-33-19-5-3-4-6-20-40-21-7-12-26-47(40)58)43-24-10-15-29-52(43)62-54-31-17-18-32-55(54)63-53-30-16-11-25-44(53)46-35-39(2)37-51(57(46)61)59-48-27-13-8-22-41(48)42-23-9-14-28-49(42)59;1-2/h4-19,21-32,34-37,60-61H,3,20,33H2,1-2H3;1-2H3/b6-4-,19-5-;. The number of aromatic nitrogens is 1. The van der Waals surface area contributed by atoms with Crippen LogP contribution in [0.3, 0.4) is 0 Å². The lowest BCUT2D eigenvalue weighted by atomic mass is 9.98. The van der Waals surface area contributed by atoms with Gasteiger partial charge in [-0.25, -0.2) is 0 Å². The first-order valence-corrected chi connectivity index (χ1v) is 22.4. The van der Waals surface area contributed by atoms with Gasteiger partial charge in [0, 0.05) is 45.3 Å². The van der Waals surface area contributed by atoms with Crippen molar-refractivity contribution in [3.8, 4) is 62.4 Å². The van der Waals surface area contributed by atoms with Gasteiger partial charge in [0.15, 0.2) is 11.5 Å². The predicted octanol–water partition coefficient (Wildman–Crippen LogP) is 16.0. The number of rotatable bonds is 8. The lowest BCUT2D eigenvalue weighted by Crippen LogP contribution is -2.19. The number of ether oxygens (including phenoxy) is 2. The van der Waals surface area contributed by atoms with Gasteiger partial charge in [0.05, 0.1) is 22.4 Å². The highest BCUT2D eigenvalue weighted by molar-refractivity contribution is 6.09. The van der Waals surface area contributed by atoms with Gasteiger partial charge >= 0.3 is 0 Å². The summed E-state index contributed by atoms with van der Waals surface area (Å²) in [6.07, 6.45) is 10.4. The smallest absolute Gasteiger partial charge is 0.169 e. The number of aryl methyl sites for hydroxylation is 2. The lowest BCUT2D eigenvalue weighted by Gasteiger charge is -2.28. The molecule has 0 unspecified atom stereocenters. The van der Waals surface area contributed by atoms with Crippen LogP contribution in [0.25, 0.3) is 49.7 Å². The van der Waals surface area contributed by atoms with Crippen LogP contribution in [0.4, 0.5) is 11.4 Å². The van der Waals surface area contributed by atoms with E-state index in [1.165, 1.54) is 5.56 Å². The molecule has 0 fully saturated rings. The van der Waals surface area contributed by atoms with Gasteiger partial charge in [-0.15, -0.1) is 0 Å². The number of aromatic hydroxyl groups is 2. The van der Waals surface area contributed by atoms with E-state index in [4.69, 9.17) is 9.47 Å². The van der Waals surface area contributed by atoms with E-state index in [1.807, 2.05) is 148 Å². The molecule has 8 aromatic carbocycles. The molecule has 1 aliphatic rings. The Labute approximate surface area is 381 Å². The number of nitrogens with zero attached hydrogens (tertiary/aromatic N) is 2. The third kappa shape index (κ3) is 8.34. The first-order valence-electron chi connectivity index (χ1n) is 22.4. The molecule has 0 amide bonds. The van der Waals surface area contributed by atoms with Crippen LogP contribution in [0.2, 0.25) is 0 Å². The van der Waals surface area contributed by atoms with Crippen LogP contribution in [0.15, 0.2) is 194 Å². The van der Waals surface area contributed by atoms with E-state index in [-0.39, 0.29) is 11.5 Å². The Bertz CT molecular complexity index is 3180. The monoisotopic (exact) mass is 852 g/mol. The lowest BCUT2D eigenvalue weighted by molar-refractivity contribution is 0.419. The molecule has 322 valence electrons. The summed E-state index contributed by atoms with van der Waals surface area (Å²) in [6, 6.07) is 56.2. The summed E-state index contributed by atoms with van der Waals surface area (Å²) in [7, 11) is 0. The number of hydrogen-bond acceptors (Lipinski definition) is 5. The second-order valence-corrected chi connectivity index (χ2v) is 16.0. The van der Waals surface area contributed by atoms with Gasteiger partial charge in [-0.1, -0.05) is 141 Å². The van der Waals surface area contributed by atoms with Crippen LogP contribution in [0.5, 0.6) is 34.5 Å². The summed E-state index contributed by atoms with van der Waals surface area (Å²) in [5.74, 6) is 2.43. The Morgan fingerprint density at radius 2 is 0.892 bits per heavy atom. The van der Waals surface area contributed by atoms with Crippen molar-refractivity contribution in [2.75, 3.05) is 11.4 Å². The molecule has 10 rings (SSSR count). The SMILES string of the molecule is CC.Cc1cc(-c2ccccc2Oc2ccccc2Oc2ccccc2-c2cc(C)cc(-n3c4ccccc4c4ccccc43)c2O)c(O)c(N2C/C=C\C/C=C\Cc3ccccc32)c1.